The first-order valence-electron chi connectivity index (χ1n) is 4.45. The van der Waals surface area contributed by atoms with Crippen molar-refractivity contribution in [2.24, 2.45) is 5.92 Å². The summed E-state index contributed by atoms with van der Waals surface area (Å²) in [5.74, 6) is 0.760. The molecule has 1 saturated heterocycles. The quantitative estimate of drug-likeness (QED) is 0.708. The van der Waals surface area contributed by atoms with E-state index in [0.29, 0.717) is 5.92 Å². The van der Waals surface area contributed by atoms with Crippen LogP contribution in [0.5, 0.6) is 0 Å². The minimum atomic E-state index is 0. The Balaban J connectivity index is 0.000000750. The molecule has 5 heteroatoms. The van der Waals surface area contributed by atoms with Gasteiger partial charge in [-0.15, -0.1) is 23.7 Å². The predicted octanol–water partition coefficient (Wildman–Crippen LogP) is 1.43. The molecule has 3 rings (SSSR count). The topological polar surface area (TPSA) is 41.1 Å². The van der Waals surface area contributed by atoms with Gasteiger partial charge in [0.2, 0.25) is 5.91 Å². The van der Waals surface area contributed by atoms with E-state index in [1.54, 1.807) is 11.3 Å². The van der Waals surface area contributed by atoms with Crippen LogP contribution in [0.3, 0.4) is 0 Å². The van der Waals surface area contributed by atoms with E-state index < -0.39 is 0 Å². The molecule has 2 atom stereocenters. The number of amides is 1. The van der Waals surface area contributed by atoms with Crippen LogP contribution in [0.1, 0.15) is 10.8 Å². The lowest BCUT2D eigenvalue weighted by Crippen LogP contribution is -2.31. The molecule has 0 radical (unpaired) electrons. The number of halogens is 1. The molecule has 0 aromatic carbocycles. The zero-order valence-corrected chi connectivity index (χ0v) is 9.08. The zero-order chi connectivity index (χ0) is 8.84. The summed E-state index contributed by atoms with van der Waals surface area (Å²) in [6.45, 7) is 1.78. The maximum Gasteiger partial charge on any atom is 0.229 e. The average molecular weight is 231 g/mol. The van der Waals surface area contributed by atoms with E-state index in [9.17, 15) is 4.79 Å². The van der Waals surface area contributed by atoms with Crippen LogP contribution in [0.25, 0.3) is 0 Å². The monoisotopic (exact) mass is 230 g/mol. The Labute approximate surface area is 92.3 Å². The van der Waals surface area contributed by atoms with Gasteiger partial charge in [0.25, 0.3) is 0 Å². The smallest absolute Gasteiger partial charge is 0.229 e. The number of carbonyl (C=O) groups excluding carboxylic acids is 1. The molecule has 1 aromatic rings. The molecule has 14 heavy (non-hydrogen) atoms. The molecule has 0 bridgehead atoms. The standard InChI is InChI=1S/C9H10N2OS.ClH/c12-9-6-4-10-3-5(6)8-7(11-9)1-2-13-8;/h1-2,5-6,10H,3-4H2,(H,11,12);1H/t5-,6+;/m0./s1. The summed E-state index contributed by atoms with van der Waals surface area (Å²) in [7, 11) is 0. The summed E-state index contributed by atoms with van der Waals surface area (Å²) in [5, 5.41) is 8.26. The van der Waals surface area contributed by atoms with Gasteiger partial charge in [0.15, 0.2) is 0 Å². The van der Waals surface area contributed by atoms with Crippen LogP contribution in [0.2, 0.25) is 0 Å². The maximum absolute atomic E-state index is 11.6. The third kappa shape index (κ3) is 1.26. The summed E-state index contributed by atoms with van der Waals surface area (Å²) < 4.78 is 0. The molecular formula is C9H11ClN2OS. The van der Waals surface area contributed by atoms with E-state index >= 15 is 0 Å². The first kappa shape index (κ1) is 9.96. The maximum atomic E-state index is 11.6. The van der Waals surface area contributed by atoms with Gasteiger partial charge in [-0.2, -0.15) is 0 Å². The number of nitrogens with one attached hydrogen (secondary N) is 2. The van der Waals surface area contributed by atoms with Crippen LogP contribution < -0.4 is 10.6 Å². The number of anilines is 1. The molecule has 2 aliphatic rings. The summed E-state index contributed by atoms with van der Waals surface area (Å²) in [6.07, 6.45) is 0. The van der Waals surface area contributed by atoms with Gasteiger partial charge in [-0.25, -0.2) is 0 Å². The Hall–Kier alpha value is -0.580. The third-order valence-corrected chi connectivity index (χ3v) is 3.89. The Bertz CT molecular complexity index is 365. The molecule has 1 fully saturated rings. The van der Waals surface area contributed by atoms with Gasteiger partial charge in [-0.3, -0.25) is 4.79 Å². The highest BCUT2D eigenvalue weighted by molar-refractivity contribution is 7.10. The number of hydrogen-bond donors (Lipinski definition) is 2. The van der Waals surface area contributed by atoms with E-state index in [1.807, 2.05) is 11.4 Å². The molecule has 1 amide bonds. The molecule has 3 heterocycles. The van der Waals surface area contributed by atoms with Crippen LogP contribution in [-0.2, 0) is 4.79 Å². The van der Waals surface area contributed by atoms with Crippen molar-refractivity contribution in [1.82, 2.24) is 5.32 Å². The van der Waals surface area contributed by atoms with Crippen molar-refractivity contribution in [3.63, 3.8) is 0 Å². The number of fused-ring (bicyclic) bond motifs is 3. The normalized spacial score (nSPS) is 28.7. The van der Waals surface area contributed by atoms with E-state index in [0.717, 1.165) is 18.8 Å². The Morgan fingerprint density at radius 1 is 1.36 bits per heavy atom. The SMILES string of the molecule is Cl.O=C1Nc2ccsc2[C@H]2CNC[C@@H]12. The molecule has 0 aliphatic carbocycles. The van der Waals surface area contributed by atoms with Gasteiger partial charge in [0.1, 0.15) is 0 Å². The van der Waals surface area contributed by atoms with Crippen molar-refractivity contribution in [1.29, 1.82) is 0 Å². The number of thiophene rings is 1. The molecule has 0 spiro atoms. The third-order valence-electron chi connectivity index (χ3n) is 2.84. The van der Waals surface area contributed by atoms with Gasteiger partial charge >= 0.3 is 0 Å². The Morgan fingerprint density at radius 2 is 2.14 bits per heavy atom. The molecule has 0 saturated carbocycles. The van der Waals surface area contributed by atoms with Crippen molar-refractivity contribution >= 4 is 35.3 Å². The highest BCUT2D eigenvalue weighted by Gasteiger charge is 2.39. The van der Waals surface area contributed by atoms with E-state index in [1.165, 1.54) is 4.88 Å². The van der Waals surface area contributed by atoms with Gasteiger partial charge in [0.05, 0.1) is 11.6 Å². The number of rotatable bonds is 0. The second kappa shape index (κ2) is 3.53. The van der Waals surface area contributed by atoms with Crippen LogP contribution in [0, 0.1) is 5.92 Å². The predicted molar refractivity (Wildman–Crippen MR) is 59.3 cm³/mol. The van der Waals surface area contributed by atoms with Gasteiger partial charge in [-0.05, 0) is 11.4 Å². The molecule has 3 nitrogen and oxygen atoms in total. The molecule has 1 aromatic heterocycles. The minimum absolute atomic E-state index is 0. The zero-order valence-electron chi connectivity index (χ0n) is 7.45. The summed E-state index contributed by atoms with van der Waals surface area (Å²) >= 11 is 1.75. The Morgan fingerprint density at radius 3 is 3.00 bits per heavy atom. The lowest BCUT2D eigenvalue weighted by atomic mass is 9.90. The molecule has 2 N–H and O–H groups in total. The van der Waals surface area contributed by atoms with Crippen LogP contribution in [0.15, 0.2) is 11.4 Å². The molecule has 0 unspecified atom stereocenters. The van der Waals surface area contributed by atoms with Crippen LogP contribution >= 0.6 is 23.7 Å². The highest BCUT2D eigenvalue weighted by Crippen LogP contribution is 2.41. The fraction of sp³-hybridized carbons (Fsp3) is 0.444. The number of hydrogen-bond acceptors (Lipinski definition) is 3. The number of carbonyl (C=O) groups is 1. The Kier molecular flexibility index (Phi) is 2.51. The molecule has 76 valence electrons. The van der Waals surface area contributed by atoms with Crippen molar-refractivity contribution in [3.05, 3.63) is 16.3 Å². The molecular weight excluding hydrogens is 220 g/mol. The minimum Gasteiger partial charge on any atom is -0.325 e. The second-order valence-corrected chi connectivity index (χ2v) is 4.51. The second-order valence-electron chi connectivity index (χ2n) is 3.56. The highest BCUT2D eigenvalue weighted by atomic mass is 35.5. The largest absolute Gasteiger partial charge is 0.325 e. The summed E-state index contributed by atoms with van der Waals surface area (Å²) in [4.78, 5) is 12.9. The van der Waals surface area contributed by atoms with Crippen molar-refractivity contribution in [2.45, 2.75) is 5.92 Å². The summed E-state index contributed by atoms with van der Waals surface area (Å²) in [5.41, 5.74) is 1.03. The van der Waals surface area contributed by atoms with Gasteiger partial charge in [0, 0.05) is 23.9 Å². The van der Waals surface area contributed by atoms with E-state index in [4.69, 9.17) is 0 Å². The first-order chi connectivity index (χ1) is 6.36. The first-order valence-corrected chi connectivity index (χ1v) is 5.33. The van der Waals surface area contributed by atoms with E-state index in [-0.39, 0.29) is 24.2 Å². The van der Waals surface area contributed by atoms with Gasteiger partial charge in [-0.1, -0.05) is 0 Å². The fourth-order valence-corrected chi connectivity index (χ4v) is 3.19. The fourth-order valence-electron chi connectivity index (χ4n) is 2.17. The van der Waals surface area contributed by atoms with Gasteiger partial charge < -0.3 is 10.6 Å². The molecule has 2 aliphatic heterocycles. The van der Waals surface area contributed by atoms with Crippen LogP contribution in [0.4, 0.5) is 5.69 Å². The summed E-state index contributed by atoms with van der Waals surface area (Å²) in [6, 6.07) is 1.99. The van der Waals surface area contributed by atoms with Crippen molar-refractivity contribution in [2.75, 3.05) is 18.4 Å². The van der Waals surface area contributed by atoms with Crippen molar-refractivity contribution < 1.29 is 4.79 Å². The van der Waals surface area contributed by atoms with Crippen molar-refractivity contribution in [3.8, 4) is 0 Å². The lowest BCUT2D eigenvalue weighted by Gasteiger charge is -2.23. The average Bonchev–Trinajstić information content (AvgIpc) is 2.66. The van der Waals surface area contributed by atoms with E-state index in [2.05, 4.69) is 10.6 Å². The lowest BCUT2D eigenvalue weighted by molar-refractivity contribution is -0.120. The van der Waals surface area contributed by atoms with Crippen LogP contribution in [-0.4, -0.2) is 19.0 Å².